The highest BCUT2D eigenvalue weighted by Crippen LogP contribution is 2.36. The number of nitrogens with zero attached hydrogens (tertiary/aromatic N) is 6. The Labute approximate surface area is 396 Å². The molecule has 6 rings (SSSR count). The summed E-state index contributed by atoms with van der Waals surface area (Å²) in [6.07, 6.45) is 4.73. The monoisotopic (exact) mass is 915 g/mol. The van der Waals surface area contributed by atoms with Crippen LogP contribution in [0, 0.1) is 0 Å². The number of piperazine rings is 2. The van der Waals surface area contributed by atoms with Crippen molar-refractivity contribution in [1.82, 2.24) is 19.6 Å². The lowest BCUT2D eigenvalue weighted by atomic mass is 10.0. The van der Waals surface area contributed by atoms with Gasteiger partial charge in [0.15, 0.2) is 8.32 Å². The number of benzene rings is 4. The molecule has 354 valence electrons. The Morgan fingerprint density at radius 1 is 0.742 bits per heavy atom. The molecule has 1 atom stereocenters. The average Bonchev–Trinajstić information content (AvgIpc) is 3.32. The van der Waals surface area contributed by atoms with E-state index < -0.39 is 14.4 Å². The molecule has 0 unspecified atom stereocenters. The zero-order valence-electron chi connectivity index (χ0n) is 40.9. The third-order valence-electron chi connectivity index (χ3n) is 13.5. The molecule has 2 heterocycles. The normalized spacial score (nSPS) is 15.5. The highest BCUT2D eigenvalue weighted by atomic mass is 28.4. The fourth-order valence-electron chi connectivity index (χ4n) is 8.19. The Balaban J connectivity index is 1.15. The standard InChI is InChI=1S/C54H74N6O5Si/c1-9-38-64-50-26-19-44(20-27-50)21-28-52(62)60(42-47-17-24-49(25-18-47)58-35-33-57(34-36-58)43(2)61)51(40-45-13-11-10-12-14-45)53(63)59-31-29-56(30-32-59)41-46-15-22-48(23-16-46)55(6)37-39-65-66(7,8)54(3,4)5/h10-28,51H,9,29-42H2,1-8H3/b28-21-/t51-/m0/s1. The predicted molar refractivity (Wildman–Crippen MR) is 271 cm³/mol. The van der Waals surface area contributed by atoms with Gasteiger partial charge in [-0.1, -0.05) is 94.4 Å². The second kappa shape index (κ2) is 23.3. The molecule has 2 aliphatic rings. The maximum absolute atomic E-state index is 14.9. The minimum absolute atomic E-state index is 0.0393. The molecule has 0 saturated carbocycles. The fraction of sp³-hybridized carbons (Fsp3) is 0.463. The Morgan fingerprint density at radius 2 is 1.36 bits per heavy atom. The van der Waals surface area contributed by atoms with E-state index in [2.05, 4.69) is 111 Å². The molecule has 2 fully saturated rings. The van der Waals surface area contributed by atoms with Crippen LogP contribution in [0.2, 0.25) is 18.1 Å². The predicted octanol–water partition coefficient (Wildman–Crippen LogP) is 8.60. The first-order valence-corrected chi connectivity index (χ1v) is 26.8. The van der Waals surface area contributed by atoms with Gasteiger partial charge in [-0.2, -0.15) is 0 Å². The summed E-state index contributed by atoms with van der Waals surface area (Å²) in [5, 5.41) is 0.190. The molecule has 3 amide bonds. The zero-order valence-corrected chi connectivity index (χ0v) is 41.9. The first-order valence-electron chi connectivity index (χ1n) is 23.9. The van der Waals surface area contributed by atoms with Gasteiger partial charge in [0.2, 0.25) is 17.7 Å². The van der Waals surface area contributed by atoms with E-state index in [1.54, 1.807) is 17.9 Å². The van der Waals surface area contributed by atoms with Gasteiger partial charge < -0.3 is 33.7 Å². The molecule has 4 aromatic carbocycles. The Kier molecular flexibility index (Phi) is 17.7. The summed E-state index contributed by atoms with van der Waals surface area (Å²) in [6, 6.07) is 34.1. The Morgan fingerprint density at radius 3 is 1.97 bits per heavy atom. The van der Waals surface area contributed by atoms with E-state index in [4.69, 9.17) is 9.16 Å². The number of hydrogen-bond donors (Lipinski definition) is 0. The summed E-state index contributed by atoms with van der Waals surface area (Å²) in [5.41, 5.74) is 6.29. The van der Waals surface area contributed by atoms with Gasteiger partial charge in [-0.05, 0) is 89.3 Å². The molecule has 0 bridgehead atoms. The summed E-state index contributed by atoms with van der Waals surface area (Å²) in [7, 11) is 0.331. The fourth-order valence-corrected chi connectivity index (χ4v) is 9.23. The van der Waals surface area contributed by atoms with E-state index in [9.17, 15) is 14.4 Å². The van der Waals surface area contributed by atoms with Crippen LogP contribution in [0.1, 0.15) is 63.3 Å². The number of carbonyl (C=O) groups is 3. The van der Waals surface area contributed by atoms with Gasteiger partial charge in [0, 0.05) is 110 Å². The molecule has 66 heavy (non-hydrogen) atoms. The van der Waals surface area contributed by atoms with Gasteiger partial charge >= 0.3 is 0 Å². The van der Waals surface area contributed by atoms with Crippen molar-refractivity contribution in [3.05, 3.63) is 131 Å². The van der Waals surface area contributed by atoms with Crippen molar-refractivity contribution in [3.8, 4) is 5.75 Å². The molecular formula is C54H74N6O5Si. The average molecular weight is 915 g/mol. The first-order chi connectivity index (χ1) is 31.6. The van der Waals surface area contributed by atoms with Gasteiger partial charge in [0.1, 0.15) is 11.8 Å². The van der Waals surface area contributed by atoms with Crippen molar-refractivity contribution in [1.29, 1.82) is 0 Å². The molecule has 0 spiro atoms. The third-order valence-corrected chi connectivity index (χ3v) is 18.1. The highest BCUT2D eigenvalue weighted by molar-refractivity contribution is 6.74. The number of carbonyl (C=O) groups excluding carboxylic acids is 3. The van der Waals surface area contributed by atoms with Crippen LogP contribution in [0.5, 0.6) is 5.75 Å². The molecule has 0 radical (unpaired) electrons. The van der Waals surface area contributed by atoms with Crippen molar-refractivity contribution in [2.75, 3.05) is 89.0 Å². The molecule has 11 nitrogen and oxygen atoms in total. The molecule has 2 aliphatic heterocycles. The van der Waals surface area contributed by atoms with Crippen LogP contribution >= 0.6 is 0 Å². The molecule has 4 aromatic rings. The van der Waals surface area contributed by atoms with E-state index in [0.717, 1.165) is 73.8 Å². The molecule has 0 aliphatic carbocycles. The topological polar surface area (TPSA) is 89.1 Å². The number of amides is 3. The minimum Gasteiger partial charge on any atom is -0.494 e. The summed E-state index contributed by atoms with van der Waals surface area (Å²) < 4.78 is 12.2. The number of likely N-dealkylation sites (N-methyl/N-ethyl adjacent to an activating group) is 1. The largest absolute Gasteiger partial charge is 0.494 e. The highest BCUT2D eigenvalue weighted by Gasteiger charge is 2.37. The Hall–Kier alpha value is -5.43. The van der Waals surface area contributed by atoms with E-state index in [0.29, 0.717) is 45.8 Å². The van der Waals surface area contributed by atoms with Crippen LogP contribution in [-0.2, 0) is 38.3 Å². The lowest BCUT2D eigenvalue weighted by molar-refractivity contribution is -0.145. The van der Waals surface area contributed by atoms with Gasteiger partial charge in [-0.3, -0.25) is 19.3 Å². The summed E-state index contributed by atoms with van der Waals surface area (Å²) in [4.78, 5) is 54.0. The van der Waals surface area contributed by atoms with Crippen LogP contribution < -0.4 is 14.5 Å². The lowest BCUT2D eigenvalue weighted by Gasteiger charge is -2.39. The second-order valence-corrected chi connectivity index (χ2v) is 24.2. The van der Waals surface area contributed by atoms with Crippen LogP contribution in [0.15, 0.2) is 109 Å². The second-order valence-electron chi connectivity index (χ2n) is 19.4. The summed E-state index contributed by atoms with van der Waals surface area (Å²) in [6.45, 7) is 23.9. The molecule has 0 aromatic heterocycles. The first kappa shape index (κ1) is 50.0. The summed E-state index contributed by atoms with van der Waals surface area (Å²) >= 11 is 0. The third kappa shape index (κ3) is 14.0. The van der Waals surface area contributed by atoms with Crippen LogP contribution in [0.4, 0.5) is 11.4 Å². The molecular weight excluding hydrogens is 841 g/mol. The van der Waals surface area contributed by atoms with Crippen molar-refractivity contribution < 1.29 is 23.5 Å². The smallest absolute Gasteiger partial charge is 0.247 e. The van der Waals surface area contributed by atoms with Crippen LogP contribution in [0.25, 0.3) is 6.08 Å². The van der Waals surface area contributed by atoms with Gasteiger partial charge in [0.05, 0.1) is 13.2 Å². The van der Waals surface area contributed by atoms with E-state index in [-0.39, 0.29) is 29.3 Å². The number of hydrogen-bond acceptors (Lipinski definition) is 8. The minimum atomic E-state index is -1.79. The maximum Gasteiger partial charge on any atom is 0.247 e. The number of rotatable bonds is 19. The van der Waals surface area contributed by atoms with Crippen molar-refractivity contribution >= 4 is 43.5 Å². The van der Waals surface area contributed by atoms with E-state index in [1.807, 2.05) is 70.5 Å². The van der Waals surface area contributed by atoms with Crippen molar-refractivity contribution in [2.24, 2.45) is 0 Å². The van der Waals surface area contributed by atoms with Crippen LogP contribution in [0.3, 0.4) is 0 Å². The molecule has 0 N–H and O–H groups in total. The maximum atomic E-state index is 14.9. The van der Waals surface area contributed by atoms with E-state index in [1.165, 1.54) is 11.3 Å². The lowest BCUT2D eigenvalue weighted by Crippen LogP contribution is -2.56. The SMILES string of the molecule is CCCOc1ccc(/C=C\C(=O)N(Cc2ccc(N3CCN(C(C)=O)CC3)cc2)[C@@H](Cc2ccccc2)C(=O)N2CCN(Cc3ccc(N(C)CCO[Si](C)(C)C(C)(C)C)cc3)CC2)cc1. The molecule has 2 saturated heterocycles. The number of anilines is 2. The van der Waals surface area contributed by atoms with Crippen LogP contribution in [-0.4, -0.2) is 131 Å². The van der Waals surface area contributed by atoms with E-state index >= 15 is 0 Å². The quantitative estimate of drug-likeness (QED) is 0.0684. The Bertz CT molecular complexity index is 2180. The number of ether oxygens (including phenoxy) is 1. The van der Waals surface area contributed by atoms with Gasteiger partial charge in [-0.25, -0.2) is 0 Å². The van der Waals surface area contributed by atoms with Crippen molar-refractivity contribution in [3.63, 3.8) is 0 Å². The van der Waals surface area contributed by atoms with Crippen molar-refractivity contribution in [2.45, 2.75) is 84.7 Å². The van der Waals surface area contributed by atoms with Gasteiger partial charge in [0.25, 0.3) is 0 Å². The summed E-state index contributed by atoms with van der Waals surface area (Å²) in [5.74, 6) is 0.630. The van der Waals surface area contributed by atoms with Gasteiger partial charge in [-0.15, -0.1) is 0 Å². The zero-order chi connectivity index (χ0) is 47.3. The molecule has 12 heteroatoms.